The third-order valence-electron chi connectivity index (χ3n) is 5.77. The molecule has 0 bridgehead atoms. The van der Waals surface area contributed by atoms with Gasteiger partial charge in [-0.2, -0.15) is 5.10 Å². The Labute approximate surface area is 195 Å². The second-order valence-corrected chi connectivity index (χ2v) is 9.57. The van der Waals surface area contributed by atoms with E-state index in [1.165, 1.54) is 0 Å². The first-order chi connectivity index (χ1) is 15.2. The monoisotopic (exact) mass is 459 g/mol. The fraction of sp³-hybridized carbons (Fsp3) is 0.560. The number of halogens is 1. The van der Waals surface area contributed by atoms with Gasteiger partial charge in [0.1, 0.15) is 0 Å². The van der Waals surface area contributed by atoms with Gasteiger partial charge in [-0.15, -0.1) is 0 Å². The Morgan fingerprint density at radius 1 is 1.22 bits per heavy atom. The van der Waals surface area contributed by atoms with Crippen molar-refractivity contribution < 1.29 is 14.3 Å². The zero-order valence-corrected chi connectivity index (χ0v) is 20.5. The Kier molecular flexibility index (Phi) is 7.99. The molecule has 0 saturated carbocycles. The van der Waals surface area contributed by atoms with Crippen molar-refractivity contribution in [3.8, 4) is 5.69 Å². The standard InChI is InChI=1S/C25H34ClN3O3/c1-6-32-25(31)18-10-9-13-28(15-18)24(30)22-20(14-16(2)3)27-29(23(22)17(4)5)21-12-8-7-11-19(21)26/h7-8,11-12,16-18H,6,9-10,13-15H2,1-5H3. The molecular formula is C25H34ClN3O3. The van der Waals surface area contributed by atoms with Crippen LogP contribution in [0.5, 0.6) is 0 Å². The zero-order valence-electron chi connectivity index (χ0n) is 19.7. The lowest BCUT2D eigenvalue weighted by molar-refractivity contribution is -0.149. The van der Waals surface area contributed by atoms with Crippen LogP contribution in [0, 0.1) is 11.8 Å². The van der Waals surface area contributed by atoms with Gasteiger partial charge in [0.25, 0.3) is 5.91 Å². The number of benzene rings is 1. The number of amides is 1. The number of esters is 1. The van der Waals surface area contributed by atoms with Gasteiger partial charge >= 0.3 is 5.97 Å². The number of para-hydroxylation sites is 1. The van der Waals surface area contributed by atoms with Crippen molar-refractivity contribution in [1.29, 1.82) is 0 Å². The molecule has 1 unspecified atom stereocenters. The Hall–Kier alpha value is -2.34. The number of piperidine rings is 1. The van der Waals surface area contributed by atoms with Crippen LogP contribution in [0.1, 0.15) is 75.1 Å². The van der Waals surface area contributed by atoms with E-state index in [-0.39, 0.29) is 23.7 Å². The van der Waals surface area contributed by atoms with E-state index in [9.17, 15) is 9.59 Å². The highest BCUT2D eigenvalue weighted by Crippen LogP contribution is 2.32. The maximum Gasteiger partial charge on any atom is 0.310 e. The van der Waals surface area contributed by atoms with Crippen molar-refractivity contribution >= 4 is 23.5 Å². The second-order valence-electron chi connectivity index (χ2n) is 9.17. The van der Waals surface area contributed by atoms with Crippen LogP contribution >= 0.6 is 11.6 Å². The highest BCUT2D eigenvalue weighted by Gasteiger charge is 2.34. The molecule has 1 aliphatic rings. The van der Waals surface area contributed by atoms with Crippen molar-refractivity contribution in [3.63, 3.8) is 0 Å². The normalized spacial score (nSPS) is 16.6. The Morgan fingerprint density at radius 2 is 1.94 bits per heavy atom. The first-order valence-electron chi connectivity index (χ1n) is 11.6. The number of hydrogen-bond acceptors (Lipinski definition) is 4. The molecule has 3 rings (SSSR count). The number of ether oxygens (including phenoxy) is 1. The van der Waals surface area contributed by atoms with Crippen LogP contribution in [0.4, 0.5) is 0 Å². The van der Waals surface area contributed by atoms with Crippen LogP contribution in [-0.4, -0.2) is 46.3 Å². The lowest BCUT2D eigenvalue weighted by Crippen LogP contribution is -2.43. The maximum atomic E-state index is 13.9. The van der Waals surface area contributed by atoms with Crippen LogP contribution in [0.25, 0.3) is 5.69 Å². The number of rotatable bonds is 7. The molecule has 7 heteroatoms. The van der Waals surface area contributed by atoms with Crippen molar-refractivity contribution in [2.75, 3.05) is 19.7 Å². The zero-order chi connectivity index (χ0) is 23.4. The molecule has 32 heavy (non-hydrogen) atoms. The molecule has 1 saturated heterocycles. The van der Waals surface area contributed by atoms with Gasteiger partial charge in [0, 0.05) is 13.1 Å². The van der Waals surface area contributed by atoms with Gasteiger partial charge in [0.15, 0.2) is 0 Å². The summed E-state index contributed by atoms with van der Waals surface area (Å²) >= 11 is 6.51. The molecule has 2 heterocycles. The van der Waals surface area contributed by atoms with E-state index in [1.807, 2.05) is 28.9 Å². The third-order valence-corrected chi connectivity index (χ3v) is 6.08. The second kappa shape index (κ2) is 10.5. The number of nitrogens with zero attached hydrogens (tertiary/aromatic N) is 3. The van der Waals surface area contributed by atoms with E-state index < -0.39 is 0 Å². The summed E-state index contributed by atoms with van der Waals surface area (Å²) in [6.07, 6.45) is 2.22. The van der Waals surface area contributed by atoms with Crippen LogP contribution in [0.2, 0.25) is 5.02 Å². The average molecular weight is 460 g/mol. The maximum absolute atomic E-state index is 13.9. The van der Waals surface area contributed by atoms with Gasteiger partial charge in [0.05, 0.1) is 40.2 Å². The molecule has 0 radical (unpaired) electrons. The fourth-order valence-electron chi connectivity index (χ4n) is 4.35. The van der Waals surface area contributed by atoms with Crippen LogP contribution in [-0.2, 0) is 16.0 Å². The summed E-state index contributed by atoms with van der Waals surface area (Å²) < 4.78 is 7.06. The van der Waals surface area contributed by atoms with Gasteiger partial charge in [-0.1, -0.05) is 51.4 Å². The molecule has 0 spiro atoms. The van der Waals surface area contributed by atoms with Crippen LogP contribution in [0.3, 0.4) is 0 Å². The van der Waals surface area contributed by atoms with E-state index in [4.69, 9.17) is 21.4 Å². The Morgan fingerprint density at radius 3 is 2.56 bits per heavy atom. The summed E-state index contributed by atoms with van der Waals surface area (Å²) in [5.41, 5.74) is 3.06. The number of aromatic nitrogens is 2. The number of carbonyl (C=O) groups is 2. The van der Waals surface area contributed by atoms with Gasteiger partial charge in [-0.3, -0.25) is 9.59 Å². The van der Waals surface area contributed by atoms with Gasteiger partial charge < -0.3 is 9.64 Å². The van der Waals surface area contributed by atoms with Gasteiger partial charge in [0.2, 0.25) is 0 Å². The summed E-state index contributed by atoms with van der Waals surface area (Å²) in [4.78, 5) is 28.0. The topological polar surface area (TPSA) is 64.4 Å². The highest BCUT2D eigenvalue weighted by molar-refractivity contribution is 6.32. The van der Waals surface area contributed by atoms with Crippen molar-refractivity contribution in [2.45, 2.75) is 59.8 Å². The molecule has 0 aliphatic carbocycles. The SMILES string of the molecule is CCOC(=O)C1CCCN(C(=O)c2c(CC(C)C)nn(-c3ccccc3Cl)c2C(C)C)C1. The summed E-state index contributed by atoms with van der Waals surface area (Å²) in [6, 6.07) is 7.56. The summed E-state index contributed by atoms with van der Waals surface area (Å²) in [6.45, 7) is 11.5. The van der Waals surface area contributed by atoms with E-state index in [2.05, 4.69) is 27.7 Å². The predicted octanol–water partition coefficient (Wildman–Crippen LogP) is 5.26. The first kappa shape index (κ1) is 24.3. The number of likely N-dealkylation sites (tertiary alicyclic amines) is 1. The molecule has 2 aromatic rings. The molecule has 174 valence electrons. The smallest absolute Gasteiger partial charge is 0.310 e. The molecule has 1 fully saturated rings. The fourth-order valence-corrected chi connectivity index (χ4v) is 4.57. The first-order valence-corrected chi connectivity index (χ1v) is 11.9. The molecule has 0 N–H and O–H groups in total. The summed E-state index contributed by atoms with van der Waals surface area (Å²) in [5.74, 6) is -0.156. The van der Waals surface area contributed by atoms with E-state index in [0.29, 0.717) is 42.6 Å². The molecular weight excluding hydrogens is 426 g/mol. The highest BCUT2D eigenvalue weighted by atomic mass is 35.5. The predicted molar refractivity (Wildman–Crippen MR) is 126 cm³/mol. The molecule has 1 aliphatic heterocycles. The third kappa shape index (κ3) is 5.17. The van der Waals surface area contributed by atoms with Crippen molar-refractivity contribution in [1.82, 2.24) is 14.7 Å². The van der Waals surface area contributed by atoms with Crippen molar-refractivity contribution in [3.05, 3.63) is 46.2 Å². The molecule has 1 aromatic carbocycles. The minimum absolute atomic E-state index is 0.0587. The van der Waals surface area contributed by atoms with Crippen molar-refractivity contribution in [2.24, 2.45) is 11.8 Å². The van der Waals surface area contributed by atoms with Crippen LogP contribution < -0.4 is 0 Å². The quantitative estimate of drug-likeness (QED) is 0.529. The van der Waals surface area contributed by atoms with Crippen LogP contribution in [0.15, 0.2) is 24.3 Å². The van der Waals surface area contributed by atoms with Gasteiger partial charge in [-0.05, 0) is 50.2 Å². The summed E-state index contributed by atoms with van der Waals surface area (Å²) in [5, 5.41) is 5.49. The van der Waals surface area contributed by atoms with Gasteiger partial charge in [-0.25, -0.2) is 4.68 Å². The largest absolute Gasteiger partial charge is 0.466 e. The average Bonchev–Trinajstić information content (AvgIpc) is 3.12. The summed E-state index contributed by atoms with van der Waals surface area (Å²) in [7, 11) is 0. The lowest BCUT2D eigenvalue weighted by Gasteiger charge is -2.32. The number of hydrogen-bond donors (Lipinski definition) is 0. The lowest BCUT2D eigenvalue weighted by atomic mass is 9.94. The minimum atomic E-state index is -0.276. The molecule has 1 aromatic heterocycles. The minimum Gasteiger partial charge on any atom is -0.466 e. The van der Waals surface area contributed by atoms with E-state index >= 15 is 0 Å². The van der Waals surface area contributed by atoms with E-state index in [1.54, 1.807) is 11.8 Å². The van der Waals surface area contributed by atoms with E-state index in [0.717, 1.165) is 29.9 Å². The number of carbonyl (C=O) groups excluding carboxylic acids is 2. The Balaban J connectivity index is 2.06. The molecule has 1 atom stereocenters. The molecule has 1 amide bonds. The Bertz CT molecular complexity index is 967. The molecule has 6 nitrogen and oxygen atoms in total.